The van der Waals surface area contributed by atoms with E-state index in [2.05, 4.69) is 49.4 Å². The summed E-state index contributed by atoms with van der Waals surface area (Å²) in [7, 11) is 0. The minimum Gasteiger partial charge on any atom is -0.378 e. The normalized spacial score (nSPS) is 25.1. The fourth-order valence-electron chi connectivity index (χ4n) is 2.51. The van der Waals surface area contributed by atoms with Crippen LogP contribution in [-0.2, 0) is 4.74 Å². The number of hydrogen-bond donors (Lipinski definition) is 0. The molecule has 0 saturated carbocycles. The van der Waals surface area contributed by atoms with Gasteiger partial charge in [0.25, 0.3) is 0 Å². The van der Waals surface area contributed by atoms with Crippen LogP contribution < -0.4 is 0 Å². The van der Waals surface area contributed by atoms with Crippen LogP contribution in [0.25, 0.3) is 10.8 Å². The second-order valence-corrected chi connectivity index (χ2v) is 4.68. The van der Waals surface area contributed by atoms with Gasteiger partial charge in [0, 0.05) is 5.92 Å². The summed E-state index contributed by atoms with van der Waals surface area (Å²) < 4.78 is 5.63. The molecule has 2 atom stereocenters. The molecule has 1 aliphatic heterocycles. The molecule has 0 aromatic heterocycles. The average Bonchev–Trinajstić information content (AvgIpc) is 2.75. The van der Waals surface area contributed by atoms with Crippen LogP contribution in [0.3, 0.4) is 0 Å². The first-order valence-electron chi connectivity index (χ1n) is 5.93. The van der Waals surface area contributed by atoms with Crippen molar-refractivity contribution in [3.05, 3.63) is 48.0 Å². The van der Waals surface area contributed by atoms with Gasteiger partial charge in [-0.05, 0) is 29.7 Å². The number of hydrogen-bond acceptors (Lipinski definition) is 1. The zero-order valence-corrected chi connectivity index (χ0v) is 9.52. The minimum absolute atomic E-state index is 0.413. The summed E-state index contributed by atoms with van der Waals surface area (Å²) in [5.74, 6) is 0.583. The highest BCUT2D eigenvalue weighted by molar-refractivity contribution is 5.83. The van der Waals surface area contributed by atoms with E-state index in [0.29, 0.717) is 12.0 Å². The first kappa shape index (κ1) is 9.86. The van der Waals surface area contributed by atoms with Crippen molar-refractivity contribution in [1.29, 1.82) is 0 Å². The van der Waals surface area contributed by atoms with Crippen molar-refractivity contribution >= 4 is 10.8 Å². The Morgan fingerprint density at radius 1 is 1.06 bits per heavy atom. The van der Waals surface area contributed by atoms with Gasteiger partial charge in [0.15, 0.2) is 0 Å². The highest BCUT2D eigenvalue weighted by atomic mass is 16.5. The number of benzene rings is 2. The van der Waals surface area contributed by atoms with Crippen LogP contribution >= 0.6 is 0 Å². The molecule has 0 amide bonds. The maximum absolute atomic E-state index is 5.63. The third kappa shape index (κ3) is 1.72. The van der Waals surface area contributed by atoms with Gasteiger partial charge < -0.3 is 4.74 Å². The molecule has 1 nitrogen and oxygen atoms in total. The number of rotatable bonds is 1. The summed E-state index contributed by atoms with van der Waals surface area (Å²) in [6, 6.07) is 15.3. The lowest BCUT2D eigenvalue weighted by Gasteiger charge is -2.09. The van der Waals surface area contributed by atoms with Crippen LogP contribution in [-0.4, -0.2) is 12.7 Å². The topological polar surface area (TPSA) is 9.23 Å². The van der Waals surface area contributed by atoms with E-state index in [1.54, 1.807) is 0 Å². The Balaban J connectivity index is 1.99. The predicted molar refractivity (Wildman–Crippen MR) is 66.7 cm³/mol. The lowest BCUT2D eigenvalue weighted by Crippen LogP contribution is -1.97. The van der Waals surface area contributed by atoms with Crippen molar-refractivity contribution in [2.45, 2.75) is 25.4 Å². The first-order valence-corrected chi connectivity index (χ1v) is 5.93. The van der Waals surface area contributed by atoms with Gasteiger partial charge in [-0.2, -0.15) is 0 Å². The standard InChI is InChI=1S/C15H16O/c1-11-8-15(10-16-11)14-7-6-12-4-2-3-5-13(12)9-14/h2-7,9,11,15H,8,10H2,1H3/t11-,15+/m1/s1. The number of ether oxygens (including phenoxy) is 1. The van der Waals surface area contributed by atoms with Gasteiger partial charge in [0.2, 0.25) is 0 Å². The molecule has 1 saturated heterocycles. The van der Waals surface area contributed by atoms with Gasteiger partial charge in [-0.1, -0.05) is 42.5 Å². The van der Waals surface area contributed by atoms with Crippen LogP contribution in [0.2, 0.25) is 0 Å². The van der Waals surface area contributed by atoms with Crippen LogP contribution in [0.1, 0.15) is 24.8 Å². The molecule has 0 unspecified atom stereocenters. The summed E-state index contributed by atoms with van der Waals surface area (Å²) >= 11 is 0. The highest BCUT2D eigenvalue weighted by Gasteiger charge is 2.23. The Morgan fingerprint density at radius 3 is 2.62 bits per heavy atom. The lowest BCUT2D eigenvalue weighted by molar-refractivity contribution is 0.123. The molecule has 82 valence electrons. The Hall–Kier alpha value is -1.34. The van der Waals surface area contributed by atoms with E-state index in [0.717, 1.165) is 13.0 Å². The maximum Gasteiger partial charge on any atom is 0.0554 e. The molecule has 2 aromatic carbocycles. The van der Waals surface area contributed by atoms with E-state index >= 15 is 0 Å². The van der Waals surface area contributed by atoms with Crippen molar-refractivity contribution in [3.8, 4) is 0 Å². The molecule has 1 aliphatic rings. The monoisotopic (exact) mass is 212 g/mol. The third-order valence-electron chi connectivity index (χ3n) is 3.44. The highest BCUT2D eigenvalue weighted by Crippen LogP contribution is 2.30. The predicted octanol–water partition coefficient (Wildman–Crippen LogP) is 3.73. The Morgan fingerprint density at radius 2 is 1.88 bits per heavy atom. The molecule has 0 radical (unpaired) electrons. The zero-order valence-electron chi connectivity index (χ0n) is 9.52. The zero-order chi connectivity index (χ0) is 11.0. The van der Waals surface area contributed by atoms with E-state index in [1.807, 2.05) is 0 Å². The Bertz CT molecular complexity index is 504. The van der Waals surface area contributed by atoms with Crippen molar-refractivity contribution in [1.82, 2.24) is 0 Å². The molecule has 0 N–H and O–H groups in total. The molecule has 16 heavy (non-hydrogen) atoms. The van der Waals surface area contributed by atoms with Gasteiger partial charge >= 0.3 is 0 Å². The fourth-order valence-corrected chi connectivity index (χ4v) is 2.51. The van der Waals surface area contributed by atoms with E-state index < -0.39 is 0 Å². The van der Waals surface area contributed by atoms with E-state index in [-0.39, 0.29) is 0 Å². The van der Waals surface area contributed by atoms with Crippen molar-refractivity contribution < 1.29 is 4.74 Å². The second-order valence-electron chi connectivity index (χ2n) is 4.68. The first-order chi connectivity index (χ1) is 7.83. The van der Waals surface area contributed by atoms with Crippen molar-refractivity contribution in [2.24, 2.45) is 0 Å². The molecule has 0 bridgehead atoms. The van der Waals surface area contributed by atoms with Crippen molar-refractivity contribution in [3.63, 3.8) is 0 Å². The molecule has 0 aliphatic carbocycles. The summed E-state index contributed by atoms with van der Waals surface area (Å²) in [4.78, 5) is 0. The Kier molecular flexibility index (Phi) is 2.41. The van der Waals surface area contributed by atoms with Gasteiger partial charge in [0.05, 0.1) is 12.7 Å². The molecule has 1 fully saturated rings. The lowest BCUT2D eigenvalue weighted by atomic mass is 9.94. The van der Waals surface area contributed by atoms with E-state index in [9.17, 15) is 0 Å². The summed E-state index contributed by atoms with van der Waals surface area (Å²) in [6.45, 7) is 3.03. The third-order valence-corrected chi connectivity index (χ3v) is 3.44. The molecule has 1 heteroatoms. The molecule has 0 spiro atoms. The SMILES string of the molecule is C[C@@H]1C[C@H](c2ccc3ccccc3c2)CO1. The van der Waals surface area contributed by atoms with Gasteiger partial charge in [-0.3, -0.25) is 0 Å². The minimum atomic E-state index is 0.413. The van der Waals surface area contributed by atoms with Crippen LogP contribution in [0.5, 0.6) is 0 Å². The Labute approximate surface area is 96.0 Å². The second kappa shape index (κ2) is 3.91. The maximum atomic E-state index is 5.63. The van der Waals surface area contributed by atoms with E-state index in [1.165, 1.54) is 16.3 Å². The van der Waals surface area contributed by atoms with Crippen LogP contribution in [0, 0.1) is 0 Å². The average molecular weight is 212 g/mol. The largest absolute Gasteiger partial charge is 0.378 e. The van der Waals surface area contributed by atoms with Crippen LogP contribution in [0.4, 0.5) is 0 Å². The molecular weight excluding hydrogens is 196 g/mol. The van der Waals surface area contributed by atoms with Crippen LogP contribution in [0.15, 0.2) is 42.5 Å². The van der Waals surface area contributed by atoms with Gasteiger partial charge in [0.1, 0.15) is 0 Å². The van der Waals surface area contributed by atoms with Gasteiger partial charge in [-0.15, -0.1) is 0 Å². The van der Waals surface area contributed by atoms with Gasteiger partial charge in [-0.25, -0.2) is 0 Å². The van der Waals surface area contributed by atoms with Crippen molar-refractivity contribution in [2.75, 3.05) is 6.61 Å². The molecule has 2 aromatic rings. The molecule has 3 rings (SSSR count). The number of fused-ring (bicyclic) bond motifs is 1. The quantitative estimate of drug-likeness (QED) is 0.699. The smallest absolute Gasteiger partial charge is 0.0554 e. The molecule has 1 heterocycles. The molecular formula is C15H16O. The summed E-state index contributed by atoms with van der Waals surface area (Å²) in [5, 5.41) is 2.65. The van der Waals surface area contributed by atoms with E-state index in [4.69, 9.17) is 4.74 Å². The summed E-state index contributed by atoms with van der Waals surface area (Å²) in [5.41, 5.74) is 1.42. The fraction of sp³-hybridized carbons (Fsp3) is 0.333. The summed E-state index contributed by atoms with van der Waals surface area (Å²) in [6.07, 6.45) is 1.56.